The average Bonchev–Trinajstić information content (AvgIpc) is 2.38. The Hall–Kier alpha value is -1.28. The van der Waals surface area contributed by atoms with Crippen LogP contribution in [0, 0.1) is 0 Å². The highest BCUT2D eigenvalue weighted by atomic mass is 79.9. The summed E-state index contributed by atoms with van der Waals surface area (Å²) in [4.78, 5) is 0. The van der Waals surface area contributed by atoms with Crippen LogP contribution in [0.5, 0.6) is 0 Å². The zero-order valence-electron chi connectivity index (χ0n) is 12.6. The third-order valence-electron chi connectivity index (χ3n) is 3.48. The summed E-state index contributed by atoms with van der Waals surface area (Å²) in [6, 6.07) is 17.3. The second-order valence-electron chi connectivity index (χ2n) is 6.21. The van der Waals surface area contributed by atoms with Gasteiger partial charge < -0.3 is 5.32 Å². The summed E-state index contributed by atoms with van der Waals surface area (Å²) < 4.78 is 1.11. The number of halogens is 1. The van der Waals surface area contributed by atoms with Gasteiger partial charge in [0.25, 0.3) is 0 Å². The maximum absolute atomic E-state index is 3.64. The Kier molecular flexibility index (Phi) is 4.54. The molecule has 2 heteroatoms. The van der Waals surface area contributed by atoms with E-state index in [1.165, 1.54) is 16.8 Å². The molecule has 1 nitrogen and oxygen atoms in total. The number of hydrogen-bond donors (Lipinski definition) is 1. The number of hydrogen-bond acceptors (Lipinski definition) is 1. The predicted molar refractivity (Wildman–Crippen MR) is 91.3 cm³/mol. The summed E-state index contributed by atoms with van der Waals surface area (Å²) in [5, 5.41) is 3.64. The van der Waals surface area contributed by atoms with Crippen LogP contribution in [0.15, 0.2) is 53.0 Å². The molecular weight excluding hydrogens is 310 g/mol. The molecule has 0 heterocycles. The maximum Gasteiger partial charge on any atom is 0.0485 e. The average molecular weight is 332 g/mol. The Morgan fingerprint density at radius 3 is 2.15 bits per heavy atom. The Bertz CT molecular complexity index is 567. The van der Waals surface area contributed by atoms with Crippen molar-refractivity contribution in [2.75, 3.05) is 5.32 Å². The third-order valence-corrected chi connectivity index (χ3v) is 4.01. The molecule has 20 heavy (non-hydrogen) atoms. The Morgan fingerprint density at radius 2 is 1.55 bits per heavy atom. The molecule has 0 aliphatic rings. The first-order chi connectivity index (χ1) is 9.38. The predicted octanol–water partition coefficient (Wildman–Crippen LogP) is 5.92. The van der Waals surface area contributed by atoms with Crippen LogP contribution in [0.1, 0.15) is 44.9 Å². The summed E-state index contributed by atoms with van der Waals surface area (Å²) in [7, 11) is 0. The topological polar surface area (TPSA) is 12.0 Å². The van der Waals surface area contributed by atoms with Gasteiger partial charge in [-0.25, -0.2) is 0 Å². The quantitative estimate of drug-likeness (QED) is 0.736. The van der Waals surface area contributed by atoms with Crippen molar-refractivity contribution in [3.63, 3.8) is 0 Å². The van der Waals surface area contributed by atoms with E-state index >= 15 is 0 Å². The van der Waals surface area contributed by atoms with E-state index in [-0.39, 0.29) is 11.5 Å². The number of benzene rings is 2. The molecule has 1 N–H and O–H groups in total. The van der Waals surface area contributed by atoms with Crippen LogP contribution in [0.3, 0.4) is 0 Å². The fraction of sp³-hybridized carbons (Fsp3) is 0.333. The summed E-state index contributed by atoms with van der Waals surface area (Å²) >= 11 is 3.48. The van der Waals surface area contributed by atoms with Crippen molar-refractivity contribution in [2.24, 2.45) is 0 Å². The van der Waals surface area contributed by atoms with Crippen molar-refractivity contribution < 1.29 is 0 Å². The van der Waals surface area contributed by atoms with E-state index < -0.39 is 0 Å². The minimum Gasteiger partial charge on any atom is -0.378 e. The van der Waals surface area contributed by atoms with Crippen LogP contribution in [0.2, 0.25) is 0 Å². The van der Waals surface area contributed by atoms with Gasteiger partial charge in [-0.05, 0) is 41.7 Å². The summed E-state index contributed by atoms with van der Waals surface area (Å²) in [5.41, 5.74) is 4.00. The molecule has 0 saturated heterocycles. The lowest BCUT2D eigenvalue weighted by atomic mass is 9.85. The van der Waals surface area contributed by atoms with E-state index in [9.17, 15) is 0 Å². The molecule has 1 unspecified atom stereocenters. The van der Waals surface area contributed by atoms with E-state index in [1.54, 1.807) is 0 Å². The van der Waals surface area contributed by atoms with Crippen LogP contribution < -0.4 is 5.32 Å². The summed E-state index contributed by atoms with van der Waals surface area (Å²) in [6.45, 7) is 8.94. The Labute approximate surface area is 130 Å². The molecule has 0 saturated carbocycles. The molecule has 0 spiro atoms. The van der Waals surface area contributed by atoms with E-state index in [0.717, 1.165) is 4.47 Å². The number of para-hydroxylation sites is 1. The van der Waals surface area contributed by atoms with Crippen LogP contribution >= 0.6 is 15.9 Å². The normalized spacial score (nSPS) is 13.1. The molecule has 0 aromatic heterocycles. The highest BCUT2D eigenvalue weighted by molar-refractivity contribution is 9.10. The molecule has 2 aromatic carbocycles. The van der Waals surface area contributed by atoms with Crippen LogP contribution in [0.25, 0.3) is 0 Å². The van der Waals surface area contributed by atoms with Gasteiger partial charge in [0, 0.05) is 16.2 Å². The molecule has 0 bridgehead atoms. The van der Waals surface area contributed by atoms with E-state index in [1.807, 2.05) is 0 Å². The third kappa shape index (κ3) is 3.63. The molecule has 106 valence electrons. The summed E-state index contributed by atoms with van der Waals surface area (Å²) in [6.07, 6.45) is 0. The molecule has 0 aliphatic carbocycles. The lowest BCUT2D eigenvalue weighted by Gasteiger charge is -2.25. The zero-order valence-corrected chi connectivity index (χ0v) is 14.2. The van der Waals surface area contributed by atoms with Crippen LogP contribution in [0.4, 0.5) is 5.69 Å². The van der Waals surface area contributed by atoms with Crippen molar-refractivity contribution in [3.05, 3.63) is 64.1 Å². The number of nitrogens with one attached hydrogen (secondary N) is 1. The van der Waals surface area contributed by atoms with Crippen molar-refractivity contribution in [3.8, 4) is 0 Å². The first-order valence-corrected chi connectivity index (χ1v) is 7.79. The minimum absolute atomic E-state index is 0.142. The zero-order chi connectivity index (χ0) is 14.8. The van der Waals surface area contributed by atoms with Crippen molar-refractivity contribution in [2.45, 2.75) is 39.2 Å². The van der Waals surface area contributed by atoms with Gasteiger partial charge in [0.05, 0.1) is 0 Å². The minimum atomic E-state index is 0.142. The van der Waals surface area contributed by atoms with Gasteiger partial charge in [-0.2, -0.15) is 0 Å². The van der Waals surface area contributed by atoms with E-state index in [2.05, 4.69) is 97.5 Å². The molecule has 0 fully saturated rings. The molecule has 2 aromatic rings. The first-order valence-electron chi connectivity index (χ1n) is 6.99. The lowest BCUT2D eigenvalue weighted by molar-refractivity contribution is 0.590. The molecule has 0 amide bonds. The summed E-state index contributed by atoms with van der Waals surface area (Å²) in [5.74, 6) is 0. The van der Waals surface area contributed by atoms with Gasteiger partial charge >= 0.3 is 0 Å². The lowest BCUT2D eigenvalue weighted by Crippen LogP contribution is -2.16. The van der Waals surface area contributed by atoms with Crippen molar-refractivity contribution in [1.82, 2.24) is 0 Å². The largest absolute Gasteiger partial charge is 0.378 e. The standard InChI is InChI=1S/C18H22BrN/c1-13(14-9-11-15(19)12-10-14)20-17-8-6-5-7-16(17)18(2,3)4/h5-13,20H,1-4H3. The van der Waals surface area contributed by atoms with Gasteiger partial charge in [0.1, 0.15) is 0 Å². The number of rotatable bonds is 3. The van der Waals surface area contributed by atoms with Gasteiger partial charge in [-0.3, -0.25) is 0 Å². The fourth-order valence-corrected chi connectivity index (χ4v) is 2.60. The van der Waals surface area contributed by atoms with Crippen LogP contribution in [-0.4, -0.2) is 0 Å². The molecule has 0 radical (unpaired) electrons. The first kappa shape index (κ1) is 15.1. The smallest absolute Gasteiger partial charge is 0.0485 e. The van der Waals surface area contributed by atoms with Gasteiger partial charge in [-0.15, -0.1) is 0 Å². The van der Waals surface area contributed by atoms with Crippen molar-refractivity contribution in [1.29, 1.82) is 0 Å². The Balaban J connectivity index is 2.24. The molecule has 1 atom stereocenters. The highest BCUT2D eigenvalue weighted by Crippen LogP contribution is 2.31. The Morgan fingerprint density at radius 1 is 0.950 bits per heavy atom. The number of anilines is 1. The van der Waals surface area contributed by atoms with E-state index in [4.69, 9.17) is 0 Å². The SMILES string of the molecule is CC(Nc1ccccc1C(C)(C)C)c1ccc(Br)cc1. The fourth-order valence-electron chi connectivity index (χ4n) is 2.33. The molecular formula is C18H22BrN. The van der Waals surface area contributed by atoms with Crippen molar-refractivity contribution >= 4 is 21.6 Å². The van der Waals surface area contributed by atoms with Crippen LogP contribution in [-0.2, 0) is 5.41 Å². The van der Waals surface area contributed by atoms with Gasteiger partial charge in [0.2, 0.25) is 0 Å². The van der Waals surface area contributed by atoms with Gasteiger partial charge in [0.15, 0.2) is 0 Å². The monoisotopic (exact) mass is 331 g/mol. The highest BCUT2D eigenvalue weighted by Gasteiger charge is 2.18. The molecule has 0 aliphatic heterocycles. The van der Waals surface area contributed by atoms with Gasteiger partial charge in [-0.1, -0.05) is 67.0 Å². The maximum atomic E-state index is 3.64. The molecule has 2 rings (SSSR count). The second kappa shape index (κ2) is 6.01. The second-order valence-corrected chi connectivity index (χ2v) is 7.13. The van der Waals surface area contributed by atoms with E-state index in [0.29, 0.717) is 0 Å².